The fraction of sp³-hybridized carbons (Fsp3) is 0.556. The summed E-state index contributed by atoms with van der Waals surface area (Å²) in [6.45, 7) is 4.00. The molecule has 1 rings (SSSR count). The molecule has 14 heavy (non-hydrogen) atoms. The smallest absolute Gasteiger partial charge is 0.224 e. The first kappa shape index (κ1) is 12.6. The Morgan fingerprint density at radius 3 is 2.43 bits per heavy atom. The Bertz CT molecular complexity index is 249. The van der Waals surface area contributed by atoms with Crippen LogP contribution in [-0.4, -0.2) is 36.1 Å². The maximum atomic E-state index is 4.16. The Hall–Kier alpha value is -1.36. The van der Waals surface area contributed by atoms with Crippen LogP contribution in [0.5, 0.6) is 0 Å². The van der Waals surface area contributed by atoms with E-state index >= 15 is 0 Å². The largest absolute Gasteiger partial charge is 0.357 e. The van der Waals surface area contributed by atoms with Crippen LogP contribution in [0.2, 0.25) is 0 Å². The molecule has 0 unspecified atom stereocenters. The summed E-state index contributed by atoms with van der Waals surface area (Å²) in [5.74, 6) is 1.39. The highest BCUT2D eigenvalue weighted by atomic mass is 15.5. The lowest BCUT2D eigenvalue weighted by molar-refractivity contribution is 0.492. The number of nitrogens with zero attached hydrogens (tertiary/aromatic N) is 3. The van der Waals surface area contributed by atoms with Crippen molar-refractivity contribution in [3.8, 4) is 0 Å². The monoisotopic (exact) mass is 197 g/mol. The van der Waals surface area contributed by atoms with Crippen LogP contribution < -0.4 is 10.7 Å². The van der Waals surface area contributed by atoms with Crippen molar-refractivity contribution in [2.24, 2.45) is 0 Å². The van der Waals surface area contributed by atoms with Gasteiger partial charge in [-0.15, -0.1) is 0 Å². The van der Waals surface area contributed by atoms with E-state index in [1.165, 1.54) is 0 Å². The molecule has 0 fully saturated rings. The standard InChI is InChI=1S/C7H13N5.C2H6/c1-8-7-9-5-4-6(10-7)11-12(2)3;1-2/h4-5H,1-3H3,(H2,8,9,10,11);1-2H3. The van der Waals surface area contributed by atoms with Gasteiger partial charge in [0.05, 0.1) is 0 Å². The number of aromatic nitrogens is 2. The summed E-state index contributed by atoms with van der Waals surface area (Å²) in [5.41, 5.74) is 3.02. The summed E-state index contributed by atoms with van der Waals surface area (Å²) in [6.07, 6.45) is 1.70. The molecule has 0 amide bonds. The average molecular weight is 197 g/mol. The Morgan fingerprint density at radius 1 is 1.29 bits per heavy atom. The first-order chi connectivity index (χ1) is 6.72. The van der Waals surface area contributed by atoms with Crippen molar-refractivity contribution >= 4 is 11.8 Å². The molecule has 0 aliphatic heterocycles. The SMILES string of the molecule is CC.CNc1nccc(NN(C)C)n1. The van der Waals surface area contributed by atoms with E-state index in [2.05, 4.69) is 20.7 Å². The number of hydrogen-bond donors (Lipinski definition) is 2. The molecule has 0 saturated heterocycles. The van der Waals surface area contributed by atoms with Gasteiger partial charge in [-0.3, -0.25) is 0 Å². The lowest BCUT2D eigenvalue weighted by Gasteiger charge is -2.12. The summed E-state index contributed by atoms with van der Waals surface area (Å²) in [4.78, 5) is 8.14. The first-order valence-electron chi connectivity index (χ1n) is 4.67. The molecular formula is C9H19N5. The Labute approximate surface area is 85.5 Å². The molecule has 1 heterocycles. The van der Waals surface area contributed by atoms with E-state index in [0.717, 1.165) is 5.82 Å². The highest BCUT2D eigenvalue weighted by Gasteiger charge is 1.95. The third-order valence-corrected chi connectivity index (χ3v) is 1.22. The van der Waals surface area contributed by atoms with Crippen molar-refractivity contribution in [3.05, 3.63) is 12.3 Å². The van der Waals surface area contributed by atoms with E-state index in [4.69, 9.17) is 0 Å². The van der Waals surface area contributed by atoms with Gasteiger partial charge in [0.15, 0.2) is 0 Å². The van der Waals surface area contributed by atoms with Crippen molar-refractivity contribution in [2.75, 3.05) is 31.9 Å². The van der Waals surface area contributed by atoms with Crippen molar-refractivity contribution in [2.45, 2.75) is 13.8 Å². The molecule has 2 N–H and O–H groups in total. The van der Waals surface area contributed by atoms with E-state index in [1.54, 1.807) is 19.3 Å². The highest BCUT2D eigenvalue weighted by Crippen LogP contribution is 2.04. The van der Waals surface area contributed by atoms with Gasteiger partial charge in [0, 0.05) is 33.4 Å². The molecular weight excluding hydrogens is 178 g/mol. The van der Waals surface area contributed by atoms with Crippen LogP contribution in [0.1, 0.15) is 13.8 Å². The number of rotatable bonds is 3. The lowest BCUT2D eigenvalue weighted by Crippen LogP contribution is -2.20. The molecule has 0 aromatic carbocycles. The molecule has 80 valence electrons. The minimum atomic E-state index is 0.613. The zero-order chi connectivity index (χ0) is 11.0. The van der Waals surface area contributed by atoms with E-state index < -0.39 is 0 Å². The summed E-state index contributed by atoms with van der Waals surface area (Å²) >= 11 is 0. The zero-order valence-electron chi connectivity index (χ0n) is 9.50. The van der Waals surface area contributed by atoms with Gasteiger partial charge in [-0.25, -0.2) is 9.99 Å². The van der Waals surface area contributed by atoms with Gasteiger partial charge in [-0.2, -0.15) is 4.98 Å². The fourth-order valence-corrected chi connectivity index (χ4v) is 0.771. The van der Waals surface area contributed by atoms with Gasteiger partial charge in [0.2, 0.25) is 5.95 Å². The number of anilines is 2. The second kappa shape index (κ2) is 7.08. The van der Waals surface area contributed by atoms with Crippen molar-refractivity contribution in [1.82, 2.24) is 15.0 Å². The Morgan fingerprint density at radius 2 is 1.93 bits per heavy atom. The number of hydrazine groups is 1. The summed E-state index contributed by atoms with van der Waals surface area (Å²) in [6, 6.07) is 1.81. The summed E-state index contributed by atoms with van der Waals surface area (Å²) < 4.78 is 0. The quantitative estimate of drug-likeness (QED) is 0.718. The average Bonchev–Trinajstić information content (AvgIpc) is 2.20. The van der Waals surface area contributed by atoms with E-state index in [1.807, 2.05) is 33.0 Å². The molecule has 0 saturated carbocycles. The predicted molar refractivity (Wildman–Crippen MR) is 60.2 cm³/mol. The third kappa shape index (κ3) is 4.61. The third-order valence-electron chi connectivity index (χ3n) is 1.22. The molecule has 5 heteroatoms. The van der Waals surface area contributed by atoms with Crippen LogP contribution in [0.3, 0.4) is 0 Å². The lowest BCUT2D eigenvalue weighted by atomic mass is 10.6. The molecule has 1 aromatic rings. The Balaban J connectivity index is 0.000000791. The molecule has 0 aliphatic rings. The maximum absolute atomic E-state index is 4.16. The number of nitrogens with one attached hydrogen (secondary N) is 2. The first-order valence-corrected chi connectivity index (χ1v) is 4.67. The zero-order valence-corrected chi connectivity index (χ0v) is 9.50. The molecule has 1 aromatic heterocycles. The van der Waals surface area contributed by atoms with Crippen LogP contribution >= 0.6 is 0 Å². The molecule has 0 atom stereocenters. The minimum absolute atomic E-state index is 0.613. The fourth-order valence-electron chi connectivity index (χ4n) is 0.771. The molecule has 0 aliphatic carbocycles. The molecule has 0 bridgehead atoms. The van der Waals surface area contributed by atoms with Gasteiger partial charge < -0.3 is 10.7 Å². The second-order valence-electron chi connectivity index (χ2n) is 2.52. The molecule has 0 spiro atoms. The van der Waals surface area contributed by atoms with E-state index in [0.29, 0.717) is 5.95 Å². The number of hydrogen-bond acceptors (Lipinski definition) is 5. The van der Waals surface area contributed by atoms with Crippen LogP contribution in [0.25, 0.3) is 0 Å². The topological polar surface area (TPSA) is 53.1 Å². The van der Waals surface area contributed by atoms with Gasteiger partial charge in [-0.1, -0.05) is 13.8 Å². The molecule has 0 radical (unpaired) electrons. The van der Waals surface area contributed by atoms with Crippen LogP contribution in [-0.2, 0) is 0 Å². The van der Waals surface area contributed by atoms with Crippen LogP contribution in [0, 0.1) is 0 Å². The van der Waals surface area contributed by atoms with E-state index in [-0.39, 0.29) is 0 Å². The Kier molecular flexibility index (Phi) is 6.39. The molecule has 5 nitrogen and oxygen atoms in total. The minimum Gasteiger partial charge on any atom is -0.357 e. The van der Waals surface area contributed by atoms with Gasteiger partial charge in [-0.05, 0) is 0 Å². The van der Waals surface area contributed by atoms with Crippen LogP contribution in [0.15, 0.2) is 12.3 Å². The maximum Gasteiger partial charge on any atom is 0.224 e. The van der Waals surface area contributed by atoms with Crippen molar-refractivity contribution < 1.29 is 0 Å². The normalized spacial score (nSPS) is 9.00. The van der Waals surface area contributed by atoms with Gasteiger partial charge in [0.1, 0.15) is 5.82 Å². The summed E-state index contributed by atoms with van der Waals surface area (Å²) in [7, 11) is 5.59. The summed E-state index contributed by atoms with van der Waals surface area (Å²) in [5, 5.41) is 4.68. The second-order valence-corrected chi connectivity index (χ2v) is 2.52. The van der Waals surface area contributed by atoms with Crippen LogP contribution in [0.4, 0.5) is 11.8 Å². The van der Waals surface area contributed by atoms with Gasteiger partial charge >= 0.3 is 0 Å². The van der Waals surface area contributed by atoms with Crippen molar-refractivity contribution in [3.63, 3.8) is 0 Å². The van der Waals surface area contributed by atoms with Crippen molar-refractivity contribution in [1.29, 1.82) is 0 Å². The van der Waals surface area contributed by atoms with Gasteiger partial charge in [0.25, 0.3) is 0 Å². The highest BCUT2D eigenvalue weighted by molar-refractivity contribution is 5.37. The predicted octanol–water partition coefficient (Wildman–Crippen LogP) is 1.43. The van der Waals surface area contributed by atoms with E-state index in [9.17, 15) is 0 Å².